The molecule has 0 heterocycles. The number of carbonyl (C=O) groups is 3. The zero-order valence-electron chi connectivity index (χ0n) is 20.3. The number of rotatable bonds is 8. The van der Waals surface area contributed by atoms with Crippen molar-refractivity contribution < 1.29 is 19.1 Å². The molecule has 33 heavy (non-hydrogen) atoms. The molecule has 2 rings (SSSR count). The summed E-state index contributed by atoms with van der Waals surface area (Å²) in [5, 5.41) is 5.60. The molecule has 0 saturated heterocycles. The third-order valence-corrected chi connectivity index (χ3v) is 4.80. The fourth-order valence-corrected chi connectivity index (χ4v) is 3.42. The average molecular weight is 454 g/mol. The summed E-state index contributed by atoms with van der Waals surface area (Å²) in [5.74, 6) is -0.680. The summed E-state index contributed by atoms with van der Waals surface area (Å²) in [6.07, 6.45) is -0.426. The topological polar surface area (TPSA) is 87.7 Å². The lowest BCUT2D eigenvalue weighted by molar-refractivity contribution is -0.141. The number of carbonyl (C=O) groups excluding carboxylic acids is 3. The second-order valence-electron chi connectivity index (χ2n) is 9.31. The Kier molecular flexibility index (Phi) is 9.02. The summed E-state index contributed by atoms with van der Waals surface area (Å²) < 4.78 is 5.38. The quantitative estimate of drug-likeness (QED) is 0.636. The van der Waals surface area contributed by atoms with Crippen LogP contribution in [0, 0.1) is 0 Å². The first-order valence-electron chi connectivity index (χ1n) is 11.1. The molecule has 0 saturated carbocycles. The summed E-state index contributed by atoms with van der Waals surface area (Å²) in [7, 11) is 1.58. The molecule has 7 nitrogen and oxygen atoms in total. The minimum absolute atomic E-state index is 0.0905. The van der Waals surface area contributed by atoms with Gasteiger partial charge in [-0.15, -0.1) is 0 Å². The van der Waals surface area contributed by atoms with Crippen LogP contribution in [0.2, 0.25) is 0 Å². The van der Waals surface area contributed by atoms with Crippen molar-refractivity contribution in [2.24, 2.45) is 0 Å². The zero-order chi connectivity index (χ0) is 24.6. The van der Waals surface area contributed by atoms with Crippen molar-refractivity contribution in [3.8, 4) is 0 Å². The van der Waals surface area contributed by atoms with Gasteiger partial charge >= 0.3 is 6.09 Å². The van der Waals surface area contributed by atoms with Crippen LogP contribution < -0.4 is 10.6 Å². The standard InChI is InChI=1S/C26H35N3O4/c1-18(2)27-23(30)22(20-15-11-8-12-16-20)29(6)24(31)21(17-19-13-9-7-10-14-19)28-25(32)33-26(3,4)5/h7-16,18,21-22H,17H2,1-6H3,(H,27,30)(H,28,32). The average Bonchev–Trinajstić information content (AvgIpc) is 2.72. The third kappa shape index (κ3) is 8.25. The van der Waals surface area contributed by atoms with Crippen LogP contribution in [0.5, 0.6) is 0 Å². The fourth-order valence-electron chi connectivity index (χ4n) is 3.42. The molecule has 0 fully saturated rings. The number of benzene rings is 2. The molecule has 0 aliphatic heterocycles. The Hall–Kier alpha value is -3.35. The maximum atomic E-state index is 13.6. The van der Waals surface area contributed by atoms with E-state index >= 15 is 0 Å². The van der Waals surface area contributed by atoms with Gasteiger partial charge in [-0.1, -0.05) is 60.7 Å². The van der Waals surface area contributed by atoms with Gasteiger partial charge in [-0.3, -0.25) is 9.59 Å². The van der Waals surface area contributed by atoms with Crippen molar-refractivity contribution in [2.45, 2.75) is 64.8 Å². The number of alkyl carbamates (subject to hydrolysis) is 1. The Morgan fingerprint density at radius 2 is 1.45 bits per heavy atom. The molecule has 0 aliphatic rings. The Bertz CT molecular complexity index is 924. The smallest absolute Gasteiger partial charge is 0.408 e. The zero-order valence-corrected chi connectivity index (χ0v) is 20.3. The van der Waals surface area contributed by atoms with Crippen LogP contribution >= 0.6 is 0 Å². The molecule has 0 aromatic heterocycles. The van der Waals surface area contributed by atoms with Crippen LogP contribution in [0.15, 0.2) is 60.7 Å². The van der Waals surface area contributed by atoms with Gasteiger partial charge in [-0.25, -0.2) is 4.79 Å². The molecule has 2 atom stereocenters. The molecule has 7 heteroatoms. The third-order valence-electron chi connectivity index (χ3n) is 4.80. The number of hydrogen-bond acceptors (Lipinski definition) is 4. The second kappa shape index (κ2) is 11.5. The predicted octanol–water partition coefficient (Wildman–Crippen LogP) is 3.85. The van der Waals surface area contributed by atoms with E-state index in [9.17, 15) is 14.4 Å². The van der Waals surface area contributed by atoms with Crippen LogP contribution in [0.25, 0.3) is 0 Å². The highest BCUT2D eigenvalue weighted by Gasteiger charge is 2.34. The molecule has 178 valence electrons. The number of nitrogens with zero attached hydrogens (tertiary/aromatic N) is 1. The molecule has 2 unspecified atom stereocenters. The first kappa shape index (κ1) is 25.9. The molecule has 0 aliphatic carbocycles. The van der Waals surface area contributed by atoms with Crippen LogP contribution in [0.4, 0.5) is 4.79 Å². The van der Waals surface area contributed by atoms with Gasteiger partial charge in [-0.05, 0) is 45.7 Å². The van der Waals surface area contributed by atoms with Gasteiger partial charge in [0.25, 0.3) is 0 Å². The van der Waals surface area contributed by atoms with E-state index < -0.39 is 29.7 Å². The van der Waals surface area contributed by atoms with Gasteiger partial charge in [-0.2, -0.15) is 0 Å². The lowest BCUT2D eigenvalue weighted by atomic mass is 10.0. The highest BCUT2D eigenvalue weighted by molar-refractivity contribution is 5.92. The van der Waals surface area contributed by atoms with Crippen molar-refractivity contribution in [2.75, 3.05) is 7.05 Å². The van der Waals surface area contributed by atoms with Gasteiger partial charge < -0.3 is 20.3 Å². The second-order valence-corrected chi connectivity index (χ2v) is 9.31. The maximum Gasteiger partial charge on any atom is 0.408 e. The SMILES string of the molecule is CC(C)NC(=O)C(c1ccccc1)N(C)C(=O)C(Cc1ccccc1)NC(=O)OC(C)(C)C. The summed E-state index contributed by atoms with van der Waals surface area (Å²) in [5.41, 5.74) is 0.852. The molecule has 2 aromatic carbocycles. The van der Waals surface area contributed by atoms with E-state index in [4.69, 9.17) is 4.74 Å². The van der Waals surface area contributed by atoms with Crippen LogP contribution in [0.3, 0.4) is 0 Å². The fraction of sp³-hybridized carbons (Fsp3) is 0.423. The molecule has 0 bridgehead atoms. The number of ether oxygens (including phenoxy) is 1. The van der Waals surface area contributed by atoms with Gasteiger partial charge in [0.05, 0.1) is 0 Å². The molecular formula is C26H35N3O4. The summed E-state index contributed by atoms with van der Waals surface area (Å²) in [6, 6.07) is 16.7. The van der Waals surface area contributed by atoms with Crippen molar-refractivity contribution in [3.05, 3.63) is 71.8 Å². The van der Waals surface area contributed by atoms with E-state index in [1.54, 1.807) is 27.8 Å². The Morgan fingerprint density at radius 1 is 0.909 bits per heavy atom. The van der Waals surface area contributed by atoms with Gasteiger partial charge in [0.15, 0.2) is 0 Å². The van der Waals surface area contributed by atoms with Crippen molar-refractivity contribution in [3.63, 3.8) is 0 Å². The highest BCUT2D eigenvalue weighted by atomic mass is 16.6. The first-order chi connectivity index (χ1) is 15.5. The molecule has 2 aromatic rings. The minimum atomic E-state index is -0.912. The number of nitrogens with one attached hydrogen (secondary N) is 2. The summed E-state index contributed by atoms with van der Waals surface area (Å²) in [4.78, 5) is 40.6. The van der Waals surface area contributed by atoms with E-state index in [0.29, 0.717) is 5.56 Å². The van der Waals surface area contributed by atoms with E-state index in [1.165, 1.54) is 4.90 Å². The van der Waals surface area contributed by atoms with E-state index in [1.807, 2.05) is 74.5 Å². The number of hydrogen-bond donors (Lipinski definition) is 2. The van der Waals surface area contributed by atoms with Crippen LogP contribution in [-0.4, -0.2) is 47.5 Å². The monoisotopic (exact) mass is 453 g/mol. The number of amides is 3. The maximum absolute atomic E-state index is 13.6. The molecular weight excluding hydrogens is 418 g/mol. The van der Waals surface area contributed by atoms with E-state index in [-0.39, 0.29) is 18.4 Å². The van der Waals surface area contributed by atoms with Crippen molar-refractivity contribution >= 4 is 17.9 Å². The molecule has 0 radical (unpaired) electrons. The Labute approximate surface area is 196 Å². The van der Waals surface area contributed by atoms with Crippen LogP contribution in [0.1, 0.15) is 51.8 Å². The Balaban J connectivity index is 2.35. The van der Waals surface area contributed by atoms with Crippen molar-refractivity contribution in [1.29, 1.82) is 0 Å². The Morgan fingerprint density at radius 3 is 1.97 bits per heavy atom. The van der Waals surface area contributed by atoms with Crippen LogP contribution in [-0.2, 0) is 20.7 Å². The first-order valence-corrected chi connectivity index (χ1v) is 11.1. The van der Waals surface area contributed by atoms with Gasteiger partial charge in [0.1, 0.15) is 17.7 Å². The van der Waals surface area contributed by atoms with E-state index in [0.717, 1.165) is 5.56 Å². The molecule has 3 amide bonds. The largest absolute Gasteiger partial charge is 0.444 e. The summed E-state index contributed by atoms with van der Waals surface area (Å²) in [6.45, 7) is 9.01. The highest BCUT2D eigenvalue weighted by Crippen LogP contribution is 2.22. The van der Waals surface area contributed by atoms with Gasteiger partial charge in [0, 0.05) is 19.5 Å². The van der Waals surface area contributed by atoms with E-state index in [2.05, 4.69) is 10.6 Å². The lowest BCUT2D eigenvalue weighted by Crippen LogP contribution is -2.53. The molecule has 0 spiro atoms. The molecule has 2 N–H and O–H groups in total. The predicted molar refractivity (Wildman–Crippen MR) is 129 cm³/mol. The number of likely N-dealkylation sites (N-methyl/N-ethyl adjacent to an activating group) is 1. The van der Waals surface area contributed by atoms with Gasteiger partial charge in [0.2, 0.25) is 11.8 Å². The lowest BCUT2D eigenvalue weighted by Gasteiger charge is -2.32. The van der Waals surface area contributed by atoms with Crippen molar-refractivity contribution in [1.82, 2.24) is 15.5 Å². The summed E-state index contributed by atoms with van der Waals surface area (Å²) >= 11 is 0. The normalized spacial score (nSPS) is 13.1. The minimum Gasteiger partial charge on any atom is -0.444 e.